The molecule has 0 aromatic carbocycles. The summed E-state index contributed by atoms with van der Waals surface area (Å²) in [5.74, 6) is 1.92. The lowest BCUT2D eigenvalue weighted by atomic mass is 9.79. The molecule has 1 spiro atoms. The molecule has 0 N–H and O–H groups in total. The van der Waals surface area contributed by atoms with Crippen LogP contribution < -0.4 is 0 Å². The smallest absolute Gasteiger partial charge is 0.226 e. The first-order valence-electron chi connectivity index (χ1n) is 8.31. The predicted octanol–water partition coefficient (Wildman–Crippen LogP) is 1.40. The molecule has 8 heteroatoms. The van der Waals surface area contributed by atoms with Crippen molar-refractivity contribution in [3.63, 3.8) is 0 Å². The Labute approximate surface area is 137 Å². The molecular formula is C15H25N3O4S. The minimum atomic E-state index is -3.10. The van der Waals surface area contributed by atoms with Crippen molar-refractivity contribution in [2.24, 2.45) is 5.92 Å². The average Bonchev–Trinajstić information content (AvgIpc) is 2.94. The van der Waals surface area contributed by atoms with Gasteiger partial charge in [0.1, 0.15) is 0 Å². The average molecular weight is 343 g/mol. The predicted molar refractivity (Wildman–Crippen MR) is 84.4 cm³/mol. The van der Waals surface area contributed by atoms with Gasteiger partial charge in [-0.1, -0.05) is 12.1 Å². The van der Waals surface area contributed by atoms with E-state index in [0.717, 1.165) is 51.0 Å². The Balaban J connectivity index is 1.60. The summed E-state index contributed by atoms with van der Waals surface area (Å²) >= 11 is 0. The van der Waals surface area contributed by atoms with Gasteiger partial charge < -0.3 is 9.26 Å². The third-order valence-corrected chi connectivity index (χ3v) is 6.29. The summed E-state index contributed by atoms with van der Waals surface area (Å²) in [6.45, 7) is 3.82. The summed E-state index contributed by atoms with van der Waals surface area (Å²) in [5.41, 5.74) is -0.183. The number of nitrogens with zero attached hydrogens (tertiary/aromatic N) is 3. The van der Waals surface area contributed by atoms with Gasteiger partial charge in [0.05, 0.1) is 11.9 Å². The molecule has 2 fully saturated rings. The molecule has 0 amide bonds. The summed E-state index contributed by atoms with van der Waals surface area (Å²) in [6, 6.07) is 0. The molecule has 3 rings (SSSR count). The molecule has 1 aromatic heterocycles. The molecule has 2 aliphatic heterocycles. The van der Waals surface area contributed by atoms with E-state index in [2.05, 4.69) is 10.1 Å². The lowest BCUT2D eigenvalue weighted by Gasteiger charge is -2.45. The molecule has 23 heavy (non-hydrogen) atoms. The highest BCUT2D eigenvalue weighted by Crippen LogP contribution is 2.39. The lowest BCUT2D eigenvalue weighted by Crippen LogP contribution is -2.50. The fraction of sp³-hybridized carbons (Fsp3) is 0.867. The quantitative estimate of drug-likeness (QED) is 0.821. The molecule has 0 aliphatic carbocycles. The van der Waals surface area contributed by atoms with E-state index in [1.807, 2.05) is 6.92 Å². The summed E-state index contributed by atoms with van der Waals surface area (Å²) in [5, 5.41) is 3.95. The Bertz CT molecular complexity index is 635. The van der Waals surface area contributed by atoms with Crippen molar-refractivity contribution >= 4 is 10.0 Å². The highest BCUT2D eigenvalue weighted by Gasteiger charge is 2.42. The number of aryl methyl sites for hydroxylation is 1. The fourth-order valence-corrected chi connectivity index (χ4v) is 4.49. The zero-order valence-electron chi connectivity index (χ0n) is 13.8. The number of rotatable bonds is 4. The van der Waals surface area contributed by atoms with E-state index in [9.17, 15) is 8.42 Å². The van der Waals surface area contributed by atoms with Crippen LogP contribution in [0, 0.1) is 5.92 Å². The molecule has 1 atom stereocenters. The van der Waals surface area contributed by atoms with Crippen LogP contribution >= 0.6 is 0 Å². The molecular weight excluding hydrogens is 318 g/mol. The number of piperidine rings is 1. The van der Waals surface area contributed by atoms with Crippen molar-refractivity contribution in [1.82, 2.24) is 14.4 Å². The lowest BCUT2D eigenvalue weighted by molar-refractivity contribution is -0.120. The fourth-order valence-electron chi connectivity index (χ4n) is 3.64. The molecule has 0 bridgehead atoms. The molecule has 0 saturated carbocycles. The van der Waals surface area contributed by atoms with Gasteiger partial charge in [-0.25, -0.2) is 12.7 Å². The first-order valence-corrected chi connectivity index (χ1v) is 10.2. The van der Waals surface area contributed by atoms with Crippen molar-refractivity contribution in [3.8, 4) is 0 Å². The maximum absolute atomic E-state index is 11.7. The van der Waals surface area contributed by atoms with Crippen LogP contribution in [0.2, 0.25) is 0 Å². The van der Waals surface area contributed by atoms with E-state index in [4.69, 9.17) is 9.26 Å². The molecule has 7 nitrogen and oxygen atoms in total. The maximum atomic E-state index is 11.7. The van der Waals surface area contributed by atoms with Crippen LogP contribution in [0.5, 0.6) is 0 Å². The van der Waals surface area contributed by atoms with Crippen molar-refractivity contribution in [3.05, 3.63) is 11.7 Å². The summed E-state index contributed by atoms with van der Waals surface area (Å²) in [6.07, 6.45) is 6.30. The van der Waals surface area contributed by atoms with Crippen molar-refractivity contribution in [1.29, 1.82) is 0 Å². The monoisotopic (exact) mass is 343 g/mol. The third-order valence-electron chi connectivity index (χ3n) is 4.99. The van der Waals surface area contributed by atoms with Crippen molar-refractivity contribution < 1.29 is 17.7 Å². The first-order chi connectivity index (χ1) is 10.9. The van der Waals surface area contributed by atoms with Crippen molar-refractivity contribution in [2.45, 2.75) is 51.0 Å². The minimum absolute atomic E-state index is 0.183. The highest BCUT2D eigenvalue weighted by molar-refractivity contribution is 7.88. The zero-order chi connectivity index (χ0) is 16.5. The van der Waals surface area contributed by atoms with Crippen LogP contribution in [0.15, 0.2) is 4.52 Å². The Morgan fingerprint density at radius 3 is 2.70 bits per heavy atom. The van der Waals surface area contributed by atoms with Gasteiger partial charge in [-0.05, 0) is 31.6 Å². The molecule has 130 valence electrons. The van der Waals surface area contributed by atoms with Crippen LogP contribution in [0.3, 0.4) is 0 Å². The maximum Gasteiger partial charge on any atom is 0.226 e. The van der Waals surface area contributed by atoms with Gasteiger partial charge in [-0.3, -0.25) is 0 Å². The molecule has 3 heterocycles. The normalized spacial score (nSPS) is 25.7. The third kappa shape index (κ3) is 3.92. The van der Waals surface area contributed by atoms with E-state index < -0.39 is 10.0 Å². The van der Waals surface area contributed by atoms with Crippen LogP contribution in [-0.4, -0.2) is 54.4 Å². The van der Waals surface area contributed by atoms with Crippen LogP contribution in [0.4, 0.5) is 0 Å². The molecule has 0 radical (unpaired) electrons. The Kier molecular flexibility index (Phi) is 4.75. The van der Waals surface area contributed by atoms with Gasteiger partial charge in [0.25, 0.3) is 0 Å². The van der Waals surface area contributed by atoms with E-state index >= 15 is 0 Å². The van der Waals surface area contributed by atoms with Gasteiger partial charge in [0.2, 0.25) is 15.9 Å². The second kappa shape index (κ2) is 6.49. The number of ether oxygens (including phenoxy) is 1. The van der Waals surface area contributed by atoms with Gasteiger partial charge in [0, 0.05) is 32.5 Å². The van der Waals surface area contributed by atoms with Gasteiger partial charge in [0.15, 0.2) is 5.82 Å². The molecule has 1 aromatic rings. The number of aromatic nitrogens is 2. The number of hydrogen-bond donors (Lipinski definition) is 0. The zero-order valence-corrected chi connectivity index (χ0v) is 14.6. The van der Waals surface area contributed by atoms with Gasteiger partial charge in [-0.2, -0.15) is 4.98 Å². The topological polar surface area (TPSA) is 85.5 Å². The van der Waals surface area contributed by atoms with Crippen LogP contribution in [0.25, 0.3) is 0 Å². The van der Waals surface area contributed by atoms with E-state index in [0.29, 0.717) is 24.9 Å². The first kappa shape index (κ1) is 16.9. The Hall–Kier alpha value is -0.990. The standard InChI is InChI=1S/C15H25N3O4S/c1-3-13-16-14(22-17-13)10-12-4-9-21-15(11-12)5-7-18(8-6-15)23(2,19)20/h12H,3-11H2,1-2H3. The van der Waals surface area contributed by atoms with Crippen LogP contribution in [-0.2, 0) is 27.6 Å². The highest BCUT2D eigenvalue weighted by atomic mass is 32.2. The molecule has 2 aliphatic rings. The Morgan fingerprint density at radius 1 is 1.35 bits per heavy atom. The van der Waals surface area contributed by atoms with E-state index in [-0.39, 0.29) is 5.60 Å². The van der Waals surface area contributed by atoms with Crippen molar-refractivity contribution in [2.75, 3.05) is 26.0 Å². The minimum Gasteiger partial charge on any atom is -0.375 e. The second-order valence-corrected chi connectivity index (χ2v) is 8.70. The summed E-state index contributed by atoms with van der Waals surface area (Å²) in [4.78, 5) is 4.39. The molecule has 2 saturated heterocycles. The molecule has 1 unspecified atom stereocenters. The number of sulfonamides is 1. The number of hydrogen-bond acceptors (Lipinski definition) is 6. The summed E-state index contributed by atoms with van der Waals surface area (Å²) < 4.78 is 36.2. The summed E-state index contributed by atoms with van der Waals surface area (Å²) in [7, 11) is -3.10. The second-order valence-electron chi connectivity index (χ2n) is 6.71. The van der Waals surface area contributed by atoms with Gasteiger partial charge in [-0.15, -0.1) is 0 Å². The largest absolute Gasteiger partial charge is 0.375 e. The van der Waals surface area contributed by atoms with Gasteiger partial charge >= 0.3 is 0 Å². The van der Waals surface area contributed by atoms with E-state index in [1.54, 1.807) is 4.31 Å². The van der Waals surface area contributed by atoms with Crippen LogP contribution in [0.1, 0.15) is 44.3 Å². The van der Waals surface area contributed by atoms with E-state index in [1.165, 1.54) is 6.26 Å². The SMILES string of the molecule is CCc1noc(CC2CCOC3(CCN(S(C)(=O)=O)CC3)C2)n1. The Morgan fingerprint density at radius 2 is 2.09 bits per heavy atom.